The monoisotopic (exact) mass is 511 g/mol. The van der Waals surface area contributed by atoms with E-state index in [0.717, 1.165) is 45.8 Å². The van der Waals surface area contributed by atoms with Crippen LogP contribution in [0.3, 0.4) is 0 Å². The minimum absolute atomic E-state index is 0.470. The van der Waals surface area contributed by atoms with Crippen LogP contribution in [0, 0.1) is 46.3 Å². The molecular formula is C32H49NS2. The maximum Gasteiger partial charge on any atom is 0.106 e. The lowest BCUT2D eigenvalue weighted by atomic mass is 9.47. The molecule has 3 fully saturated rings. The van der Waals surface area contributed by atoms with E-state index in [9.17, 15) is 0 Å². The molecule has 3 saturated carbocycles. The Bertz CT molecular complexity index is 881. The number of nitrogens with zero attached hydrogens (tertiary/aromatic N) is 1. The number of hydrogen-bond acceptors (Lipinski definition) is 3. The predicted molar refractivity (Wildman–Crippen MR) is 155 cm³/mol. The van der Waals surface area contributed by atoms with Crippen LogP contribution in [0.2, 0.25) is 0 Å². The summed E-state index contributed by atoms with van der Waals surface area (Å²) in [6.07, 6.45) is 20.4. The fourth-order valence-electron chi connectivity index (χ4n) is 9.25. The largest absolute Gasteiger partial charge is 0.249 e. The summed E-state index contributed by atoms with van der Waals surface area (Å²) in [4.78, 5) is 4.52. The number of rotatable bonds is 8. The maximum absolute atomic E-state index is 4.52. The van der Waals surface area contributed by atoms with E-state index in [0.29, 0.717) is 10.8 Å². The molecular weight excluding hydrogens is 462 g/mol. The van der Waals surface area contributed by atoms with Crippen LogP contribution in [0.5, 0.6) is 0 Å². The number of aromatic nitrogens is 1. The minimum atomic E-state index is 0.470. The zero-order valence-electron chi connectivity index (χ0n) is 23.0. The quantitative estimate of drug-likeness (QED) is 0.254. The summed E-state index contributed by atoms with van der Waals surface area (Å²) in [5.74, 6) is 5.59. The van der Waals surface area contributed by atoms with Gasteiger partial charge in [0, 0.05) is 11.4 Å². The Kier molecular flexibility index (Phi) is 8.05. The Hall–Kier alpha value is -0.410. The highest BCUT2D eigenvalue weighted by atomic mass is 33.1. The van der Waals surface area contributed by atoms with E-state index in [1.807, 2.05) is 28.6 Å². The molecule has 1 nitrogen and oxygen atoms in total. The van der Waals surface area contributed by atoms with E-state index in [2.05, 4.69) is 68.6 Å². The molecule has 0 bridgehead atoms. The standard InChI is InChI=1S/C32H49NS2/c1-22(2)9-8-10-23(3)27-14-15-28-26-13-12-24-21-25(34-35-30-11-6-7-20-33-30)16-18-31(24,4)29(26)17-19-32(27,28)5/h6-7,11-12,20,22-23,25-29H,8-10,13-19,21H2,1-5H3/t23?,25-,26?,27+,28?,29?,31-,32+/m0/s1. The van der Waals surface area contributed by atoms with Gasteiger partial charge in [-0.3, -0.25) is 0 Å². The summed E-state index contributed by atoms with van der Waals surface area (Å²) in [6.45, 7) is 12.8. The Balaban J connectivity index is 1.24. The molecule has 5 rings (SSSR count). The topological polar surface area (TPSA) is 12.9 Å². The van der Waals surface area contributed by atoms with Crippen LogP contribution in [0.15, 0.2) is 41.1 Å². The highest BCUT2D eigenvalue weighted by molar-refractivity contribution is 8.76. The molecule has 0 N–H and O–H groups in total. The van der Waals surface area contributed by atoms with Gasteiger partial charge in [0.2, 0.25) is 0 Å². The van der Waals surface area contributed by atoms with Gasteiger partial charge in [0.05, 0.1) is 0 Å². The number of fused-ring (bicyclic) bond motifs is 5. The van der Waals surface area contributed by atoms with Crippen LogP contribution in [0.25, 0.3) is 0 Å². The highest BCUT2D eigenvalue weighted by Crippen LogP contribution is 2.67. The molecule has 8 atom stereocenters. The van der Waals surface area contributed by atoms with Crippen molar-refractivity contribution in [3.8, 4) is 0 Å². The lowest BCUT2D eigenvalue weighted by Crippen LogP contribution is -2.50. The predicted octanol–water partition coefficient (Wildman–Crippen LogP) is 10.2. The van der Waals surface area contributed by atoms with E-state index >= 15 is 0 Å². The summed E-state index contributed by atoms with van der Waals surface area (Å²) in [5.41, 5.74) is 2.90. The molecule has 4 unspecified atom stereocenters. The average Bonchev–Trinajstić information content (AvgIpc) is 3.20. The van der Waals surface area contributed by atoms with E-state index < -0.39 is 0 Å². The van der Waals surface area contributed by atoms with Crippen molar-refractivity contribution >= 4 is 21.6 Å². The van der Waals surface area contributed by atoms with E-state index in [1.165, 1.54) is 70.6 Å². The first-order valence-corrected chi connectivity index (χ1v) is 17.0. The van der Waals surface area contributed by atoms with Crippen LogP contribution in [0.4, 0.5) is 0 Å². The van der Waals surface area contributed by atoms with Gasteiger partial charge in [0.15, 0.2) is 0 Å². The maximum atomic E-state index is 4.52. The lowest BCUT2D eigenvalue weighted by Gasteiger charge is -2.58. The summed E-state index contributed by atoms with van der Waals surface area (Å²) in [5, 5.41) is 1.90. The number of pyridine rings is 1. The first-order chi connectivity index (χ1) is 16.8. The van der Waals surface area contributed by atoms with Crippen molar-refractivity contribution in [2.24, 2.45) is 46.3 Å². The third-order valence-electron chi connectivity index (χ3n) is 11.2. The molecule has 35 heavy (non-hydrogen) atoms. The normalized spacial score (nSPS) is 39.5. The third kappa shape index (κ3) is 5.16. The fourth-order valence-corrected chi connectivity index (χ4v) is 11.7. The number of hydrogen-bond donors (Lipinski definition) is 0. The van der Waals surface area contributed by atoms with Crippen molar-refractivity contribution in [3.63, 3.8) is 0 Å². The first-order valence-electron chi connectivity index (χ1n) is 14.7. The fraction of sp³-hybridized carbons (Fsp3) is 0.781. The molecule has 0 aromatic carbocycles. The van der Waals surface area contributed by atoms with Crippen molar-refractivity contribution < 1.29 is 0 Å². The van der Waals surface area contributed by atoms with Crippen molar-refractivity contribution in [2.45, 2.75) is 116 Å². The van der Waals surface area contributed by atoms with E-state index in [-0.39, 0.29) is 0 Å². The van der Waals surface area contributed by atoms with Gasteiger partial charge >= 0.3 is 0 Å². The SMILES string of the molecule is CC(C)CCCC(C)[C@H]1CCC2C3CC=C4C[C@@H](SSc5ccccn5)CC[C@]4(C)C3CC[C@@]21C. The molecule has 0 radical (unpaired) electrons. The second-order valence-corrected chi connectivity index (χ2v) is 16.0. The second-order valence-electron chi connectivity index (χ2n) is 13.5. The second kappa shape index (κ2) is 10.8. The molecule has 194 valence electrons. The molecule has 0 spiro atoms. The molecule has 0 aliphatic heterocycles. The van der Waals surface area contributed by atoms with Crippen molar-refractivity contribution in [2.75, 3.05) is 0 Å². The van der Waals surface area contributed by atoms with Crippen LogP contribution < -0.4 is 0 Å². The molecule has 3 heteroatoms. The van der Waals surface area contributed by atoms with Crippen LogP contribution in [0.1, 0.15) is 105 Å². The minimum Gasteiger partial charge on any atom is -0.249 e. The Labute approximate surface area is 223 Å². The Morgan fingerprint density at radius 2 is 1.86 bits per heavy atom. The van der Waals surface area contributed by atoms with Gasteiger partial charge in [-0.15, -0.1) is 0 Å². The highest BCUT2D eigenvalue weighted by Gasteiger charge is 2.59. The molecule has 0 amide bonds. The molecule has 1 heterocycles. The van der Waals surface area contributed by atoms with Gasteiger partial charge in [-0.05, 0) is 121 Å². The van der Waals surface area contributed by atoms with Gasteiger partial charge in [0.1, 0.15) is 5.03 Å². The third-order valence-corrected chi connectivity index (χ3v) is 14.0. The van der Waals surface area contributed by atoms with Crippen LogP contribution in [-0.4, -0.2) is 10.2 Å². The van der Waals surface area contributed by atoms with E-state index in [1.54, 1.807) is 0 Å². The summed E-state index contributed by atoms with van der Waals surface area (Å²) < 4.78 is 0. The van der Waals surface area contributed by atoms with Gasteiger partial charge in [-0.2, -0.15) is 0 Å². The van der Waals surface area contributed by atoms with Crippen molar-refractivity contribution in [1.82, 2.24) is 4.98 Å². The first kappa shape index (κ1) is 26.2. The van der Waals surface area contributed by atoms with E-state index in [4.69, 9.17) is 0 Å². The average molecular weight is 512 g/mol. The van der Waals surface area contributed by atoms with Gasteiger partial charge < -0.3 is 0 Å². The van der Waals surface area contributed by atoms with Crippen molar-refractivity contribution in [1.29, 1.82) is 0 Å². The molecule has 1 aromatic heterocycles. The van der Waals surface area contributed by atoms with Crippen LogP contribution >= 0.6 is 21.6 Å². The van der Waals surface area contributed by atoms with Gasteiger partial charge in [0.25, 0.3) is 0 Å². The molecule has 1 aromatic rings. The zero-order chi connectivity index (χ0) is 24.6. The van der Waals surface area contributed by atoms with Crippen LogP contribution in [-0.2, 0) is 0 Å². The summed E-state index contributed by atoms with van der Waals surface area (Å²) in [7, 11) is 3.96. The van der Waals surface area contributed by atoms with Gasteiger partial charge in [-0.1, -0.05) is 82.4 Å². The lowest BCUT2D eigenvalue weighted by molar-refractivity contribution is -0.0497. The Morgan fingerprint density at radius 1 is 1.00 bits per heavy atom. The smallest absolute Gasteiger partial charge is 0.106 e. The summed E-state index contributed by atoms with van der Waals surface area (Å²) >= 11 is 0. The molecule has 0 saturated heterocycles. The Morgan fingerprint density at radius 3 is 2.63 bits per heavy atom. The van der Waals surface area contributed by atoms with Gasteiger partial charge in [-0.25, -0.2) is 4.98 Å². The zero-order valence-corrected chi connectivity index (χ0v) is 24.6. The molecule has 4 aliphatic carbocycles. The molecule has 4 aliphatic rings. The summed E-state index contributed by atoms with van der Waals surface area (Å²) in [6, 6.07) is 6.27. The number of allylic oxidation sites excluding steroid dienone is 2. The van der Waals surface area contributed by atoms with Crippen molar-refractivity contribution in [3.05, 3.63) is 36.0 Å².